The minimum absolute atomic E-state index is 0.373. The largest absolute Gasteiger partial charge is 0.481 e. The Morgan fingerprint density at radius 2 is 1.78 bits per heavy atom. The number of carboxylic acids is 1. The van der Waals surface area contributed by atoms with Gasteiger partial charge in [-0.1, -0.05) is 12.1 Å². The number of anilines is 1. The molecular formula is C11H10F3NO3. The molecule has 0 bridgehead atoms. The van der Waals surface area contributed by atoms with Gasteiger partial charge >= 0.3 is 12.1 Å². The van der Waals surface area contributed by atoms with Gasteiger partial charge in [0.05, 0.1) is 17.7 Å². The average Bonchev–Trinajstić information content (AvgIpc) is 2.25. The highest BCUT2D eigenvalue weighted by Crippen LogP contribution is 2.34. The van der Waals surface area contributed by atoms with Gasteiger partial charge in [-0.2, -0.15) is 13.2 Å². The third-order valence-corrected chi connectivity index (χ3v) is 2.07. The highest BCUT2D eigenvalue weighted by atomic mass is 19.4. The Labute approximate surface area is 100 Å². The summed E-state index contributed by atoms with van der Waals surface area (Å²) >= 11 is 0. The fraction of sp³-hybridized carbons (Fsp3) is 0.273. The molecule has 0 aromatic heterocycles. The number of rotatable bonds is 4. The SMILES string of the molecule is O=C(O)CCC(=O)Nc1ccccc1C(F)(F)F. The maximum absolute atomic E-state index is 12.6. The van der Waals surface area contributed by atoms with Gasteiger partial charge in [-0.3, -0.25) is 9.59 Å². The number of nitrogens with one attached hydrogen (secondary N) is 1. The van der Waals surface area contributed by atoms with E-state index in [2.05, 4.69) is 5.32 Å². The molecule has 0 aliphatic rings. The second-order valence-corrected chi connectivity index (χ2v) is 3.49. The molecule has 98 valence electrons. The highest BCUT2D eigenvalue weighted by molar-refractivity contribution is 5.93. The van der Waals surface area contributed by atoms with Crippen LogP contribution in [0, 0.1) is 0 Å². The molecule has 18 heavy (non-hydrogen) atoms. The summed E-state index contributed by atoms with van der Waals surface area (Å²) in [6.07, 6.45) is -5.38. The molecule has 1 aromatic rings. The number of amides is 1. The highest BCUT2D eigenvalue weighted by Gasteiger charge is 2.33. The van der Waals surface area contributed by atoms with Crippen LogP contribution in [0.2, 0.25) is 0 Å². The van der Waals surface area contributed by atoms with Gasteiger partial charge in [0.1, 0.15) is 0 Å². The lowest BCUT2D eigenvalue weighted by Crippen LogP contribution is -2.17. The van der Waals surface area contributed by atoms with Gasteiger partial charge in [0.2, 0.25) is 5.91 Å². The van der Waals surface area contributed by atoms with Crippen molar-refractivity contribution in [2.45, 2.75) is 19.0 Å². The molecule has 0 aliphatic heterocycles. The van der Waals surface area contributed by atoms with E-state index in [1.165, 1.54) is 12.1 Å². The summed E-state index contributed by atoms with van der Waals surface area (Å²) in [7, 11) is 0. The van der Waals surface area contributed by atoms with Crippen LogP contribution in [0.5, 0.6) is 0 Å². The zero-order chi connectivity index (χ0) is 13.8. The van der Waals surface area contributed by atoms with Gasteiger partial charge in [-0.05, 0) is 12.1 Å². The Hall–Kier alpha value is -2.05. The maximum Gasteiger partial charge on any atom is 0.418 e. The standard InChI is InChI=1S/C11H10F3NO3/c12-11(13,14)7-3-1-2-4-8(7)15-9(16)5-6-10(17)18/h1-4H,5-6H2,(H,15,16)(H,17,18). The molecule has 1 rings (SSSR count). The predicted molar refractivity (Wildman–Crippen MR) is 56.9 cm³/mol. The van der Waals surface area contributed by atoms with Crippen LogP contribution in [0.25, 0.3) is 0 Å². The minimum atomic E-state index is -4.57. The van der Waals surface area contributed by atoms with Gasteiger partial charge in [0, 0.05) is 6.42 Å². The van der Waals surface area contributed by atoms with Crippen LogP contribution in [0.15, 0.2) is 24.3 Å². The van der Waals surface area contributed by atoms with E-state index in [4.69, 9.17) is 5.11 Å². The number of halogens is 3. The number of aliphatic carboxylic acids is 1. The average molecular weight is 261 g/mol. The number of hydrogen-bond acceptors (Lipinski definition) is 2. The normalized spacial score (nSPS) is 11.1. The molecule has 4 nitrogen and oxygen atoms in total. The first kappa shape index (κ1) is 14.0. The Balaban J connectivity index is 2.79. The quantitative estimate of drug-likeness (QED) is 0.875. The van der Waals surface area contributed by atoms with Crippen LogP contribution >= 0.6 is 0 Å². The molecule has 7 heteroatoms. The van der Waals surface area contributed by atoms with Gasteiger partial charge < -0.3 is 10.4 Å². The van der Waals surface area contributed by atoms with Crippen molar-refractivity contribution >= 4 is 17.6 Å². The van der Waals surface area contributed by atoms with E-state index in [0.29, 0.717) is 0 Å². The van der Waals surface area contributed by atoms with E-state index < -0.39 is 30.0 Å². The smallest absolute Gasteiger partial charge is 0.418 e. The van der Waals surface area contributed by atoms with Crippen molar-refractivity contribution in [1.29, 1.82) is 0 Å². The Kier molecular flexibility index (Phi) is 4.30. The van der Waals surface area contributed by atoms with E-state index in [9.17, 15) is 22.8 Å². The third-order valence-electron chi connectivity index (χ3n) is 2.07. The van der Waals surface area contributed by atoms with E-state index in [-0.39, 0.29) is 12.1 Å². The van der Waals surface area contributed by atoms with Crippen molar-refractivity contribution in [3.8, 4) is 0 Å². The summed E-state index contributed by atoms with van der Waals surface area (Å²) in [5.41, 5.74) is -1.34. The molecule has 1 aromatic carbocycles. The topological polar surface area (TPSA) is 66.4 Å². The van der Waals surface area contributed by atoms with Crippen LogP contribution < -0.4 is 5.32 Å². The van der Waals surface area contributed by atoms with E-state index >= 15 is 0 Å². The second kappa shape index (κ2) is 5.52. The molecule has 0 spiro atoms. The lowest BCUT2D eigenvalue weighted by Gasteiger charge is -2.13. The molecule has 0 saturated carbocycles. The summed E-state index contributed by atoms with van der Waals surface area (Å²) in [6.45, 7) is 0. The molecular weight excluding hydrogens is 251 g/mol. The minimum Gasteiger partial charge on any atom is -0.481 e. The fourth-order valence-corrected chi connectivity index (χ4v) is 1.27. The first-order chi connectivity index (χ1) is 8.30. The fourth-order valence-electron chi connectivity index (χ4n) is 1.27. The summed E-state index contributed by atoms with van der Waals surface area (Å²) in [5, 5.41) is 10.4. The Morgan fingerprint density at radius 3 is 2.33 bits per heavy atom. The van der Waals surface area contributed by atoms with Gasteiger partial charge in [0.15, 0.2) is 0 Å². The van der Waals surface area contributed by atoms with Crippen molar-refractivity contribution in [3.63, 3.8) is 0 Å². The Morgan fingerprint density at radius 1 is 1.17 bits per heavy atom. The van der Waals surface area contributed by atoms with Crippen LogP contribution in [-0.2, 0) is 15.8 Å². The molecule has 2 N–H and O–H groups in total. The molecule has 0 aliphatic carbocycles. The predicted octanol–water partition coefficient (Wildman–Crippen LogP) is 2.51. The lowest BCUT2D eigenvalue weighted by atomic mass is 10.1. The number of benzene rings is 1. The summed E-state index contributed by atoms with van der Waals surface area (Å²) in [4.78, 5) is 21.5. The molecule has 0 atom stereocenters. The molecule has 0 heterocycles. The monoisotopic (exact) mass is 261 g/mol. The number of para-hydroxylation sites is 1. The summed E-state index contributed by atoms with van der Waals surface area (Å²) in [6, 6.07) is 4.51. The first-order valence-corrected chi connectivity index (χ1v) is 4.98. The molecule has 0 unspecified atom stereocenters. The van der Waals surface area contributed by atoms with E-state index in [1.54, 1.807) is 0 Å². The summed E-state index contributed by atoms with van der Waals surface area (Å²) < 4.78 is 37.7. The maximum atomic E-state index is 12.6. The molecule has 0 fully saturated rings. The number of carbonyl (C=O) groups excluding carboxylic acids is 1. The van der Waals surface area contributed by atoms with Crippen molar-refractivity contribution in [2.24, 2.45) is 0 Å². The number of alkyl halides is 3. The van der Waals surface area contributed by atoms with Crippen LogP contribution in [0.4, 0.5) is 18.9 Å². The van der Waals surface area contributed by atoms with Gasteiger partial charge in [0.25, 0.3) is 0 Å². The van der Waals surface area contributed by atoms with Crippen molar-refractivity contribution in [3.05, 3.63) is 29.8 Å². The Bertz CT molecular complexity index is 457. The van der Waals surface area contributed by atoms with Gasteiger partial charge in [-0.25, -0.2) is 0 Å². The third kappa shape index (κ3) is 4.08. The van der Waals surface area contributed by atoms with Crippen molar-refractivity contribution in [2.75, 3.05) is 5.32 Å². The van der Waals surface area contributed by atoms with E-state index in [1.807, 2.05) is 0 Å². The molecule has 0 saturated heterocycles. The summed E-state index contributed by atoms with van der Waals surface area (Å²) in [5.74, 6) is -1.96. The zero-order valence-electron chi connectivity index (χ0n) is 9.12. The van der Waals surface area contributed by atoms with Crippen LogP contribution in [0.1, 0.15) is 18.4 Å². The second-order valence-electron chi connectivity index (χ2n) is 3.49. The van der Waals surface area contributed by atoms with Crippen molar-refractivity contribution in [1.82, 2.24) is 0 Å². The number of carbonyl (C=O) groups is 2. The lowest BCUT2D eigenvalue weighted by molar-refractivity contribution is -0.139. The van der Waals surface area contributed by atoms with Crippen LogP contribution in [0.3, 0.4) is 0 Å². The van der Waals surface area contributed by atoms with E-state index in [0.717, 1.165) is 12.1 Å². The number of carboxylic acid groups (broad SMARTS) is 1. The zero-order valence-corrected chi connectivity index (χ0v) is 9.12. The van der Waals surface area contributed by atoms with Crippen LogP contribution in [-0.4, -0.2) is 17.0 Å². The first-order valence-electron chi connectivity index (χ1n) is 4.98. The van der Waals surface area contributed by atoms with Crippen molar-refractivity contribution < 1.29 is 27.9 Å². The number of hydrogen-bond donors (Lipinski definition) is 2. The molecule has 1 amide bonds. The molecule has 0 radical (unpaired) electrons. The van der Waals surface area contributed by atoms with Gasteiger partial charge in [-0.15, -0.1) is 0 Å².